The van der Waals surface area contributed by atoms with Gasteiger partial charge in [0.05, 0.1) is 12.0 Å². The van der Waals surface area contributed by atoms with Crippen molar-refractivity contribution in [3.8, 4) is 0 Å². The van der Waals surface area contributed by atoms with Crippen LogP contribution in [0.2, 0.25) is 0 Å². The van der Waals surface area contributed by atoms with Gasteiger partial charge < -0.3 is 15.2 Å². The van der Waals surface area contributed by atoms with Gasteiger partial charge in [-0.3, -0.25) is 4.79 Å². The first-order valence-corrected chi connectivity index (χ1v) is 9.03. The van der Waals surface area contributed by atoms with E-state index in [0.29, 0.717) is 23.3 Å². The molecule has 0 unspecified atom stereocenters. The maximum atomic E-state index is 12.6. The lowest BCUT2D eigenvalue weighted by molar-refractivity contribution is -0.313. The smallest absolute Gasteiger partial charge is 0.251 e. The molecule has 0 aromatic heterocycles. The first kappa shape index (κ1) is 15.7. The van der Waals surface area contributed by atoms with Crippen LogP contribution in [0.4, 0.5) is 0 Å². The second kappa shape index (κ2) is 5.61. The number of carbonyl (C=O) groups is 2. The van der Waals surface area contributed by atoms with Gasteiger partial charge in [-0.25, -0.2) is 0 Å². The normalized spacial score (nSPS) is 34.8. The predicted octanol–water partition coefficient (Wildman–Crippen LogP) is 2.06. The topological polar surface area (TPSA) is 69.2 Å². The molecule has 1 aromatic rings. The van der Waals surface area contributed by atoms with E-state index >= 15 is 0 Å². The molecule has 0 heterocycles. The maximum absolute atomic E-state index is 12.6. The van der Waals surface area contributed by atoms with E-state index in [2.05, 4.69) is 5.32 Å². The molecule has 4 heteroatoms. The van der Waals surface area contributed by atoms with Gasteiger partial charge in [0.15, 0.2) is 0 Å². The van der Waals surface area contributed by atoms with Crippen LogP contribution >= 0.6 is 0 Å². The molecular weight excluding hydrogens is 302 g/mol. The van der Waals surface area contributed by atoms with Crippen molar-refractivity contribution in [3.63, 3.8) is 0 Å². The van der Waals surface area contributed by atoms with Gasteiger partial charge in [0.1, 0.15) is 0 Å². The van der Waals surface area contributed by atoms with Crippen LogP contribution in [0.3, 0.4) is 0 Å². The van der Waals surface area contributed by atoms with E-state index in [1.54, 1.807) is 12.1 Å². The molecule has 4 aliphatic rings. The van der Waals surface area contributed by atoms with Crippen molar-refractivity contribution in [3.05, 3.63) is 35.4 Å². The average molecular weight is 326 g/mol. The predicted molar refractivity (Wildman–Crippen MR) is 88.0 cm³/mol. The highest BCUT2D eigenvalue weighted by Crippen LogP contribution is 2.61. The van der Waals surface area contributed by atoms with Gasteiger partial charge in [-0.2, -0.15) is 0 Å². The Balaban J connectivity index is 1.59. The highest BCUT2D eigenvalue weighted by atomic mass is 16.4. The number of aliphatic carboxylic acids is 1. The zero-order valence-corrected chi connectivity index (χ0v) is 14.1. The van der Waals surface area contributed by atoms with Crippen molar-refractivity contribution < 1.29 is 14.7 Å². The third kappa shape index (κ3) is 2.62. The molecular formula is C20H24NO3-. The molecule has 1 aromatic carbocycles. The Bertz CT molecular complexity index is 646. The van der Waals surface area contributed by atoms with Gasteiger partial charge in [0.2, 0.25) is 0 Å². The fraction of sp³-hybridized carbons (Fsp3) is 0.600. The van der Waals surface area contributed by atoms with Crippen molar-refractivity contribution in [1.82, 2.24) is 5.32 Å². The fourth-order valence-electron chi connectivity index (χ4n) is 5.99. The summed E-state index contributed by atoms with van der Waals surface area (Å²) < 4.78 is 0. The first-order chi connectivity index (χ1) is 11.4. The van der Waals surface area contributed by atoms with Crippen molar-refractivity contribution >= 4 is 11.9 Å². The molecule has 5 rings (SSSR count). The number of amides is 1. The number of nitrogens with one attached hydrogen (secondary N) is 1. The van der Waals surface area contributed by atoms with Crippen LogP contribution in [0, 0.1) is 30.1 Å². The molecule has 4 bridgehead atoms. The summed E-state index contributed by atoms with van der Waals surface area (Å²) in [6, 6.07) is 6.39. The second-order valence-corrected chi connectivity index (χ2v) is 8.37. The van der Waals surface area contributed by atoms with Crippen molar-refractivity contribution in [2.24, 2.45) is 23.2 Å². The summed E-state index contributed by atoms with van der Waals surface area (Å²) in [7, 11) is 0. The lowest BCUT2D eigenvalue weighted by Gasteiger charge is -2.59. The first-order valence-electron chi connectivity index (χ1n) is 9.03. The minimum Gasteiger partial charge on any atom is -0.548 e. The minimum atomic E-state index is -1.13. The van der Waals surface area contributed by atoms with Gasteiger partial charge in [0, 0.05) is 5.56 Å². The Morgan fingerprint density at radius 1 is 1.12 bits per heavy atom. The quantitative estimate of drug-likeness (QED) is 0.921. The molecule has 0 aliphatic heterocycles. The number of benzene rings is 1. The standard InChI is InChI=1S/C20H25NO3/c1-12-3-2-4-16(5-12)18(22)21-17(19(23)24)20-9-13-6-14(10-20)8-15(7-13)11-20/h2-5,13-15,17H,6-11H2,1H3,(H,21,22)(H,23,24)/p-1/t13?,14?,15?,17-,20?/m1/s1. The highest BCUT2D eigenvalue weighted by molar-refractivity contribution is 5.96. The van der Waals surface area contributed by atoms with E-state index < -0.39 is 12.0 Å². The molecule has 4 saturated carbocycles. The molecule has 1 N–H and O–H groups in total. The van der Waals surface area contributed by atoms with Gasteiger partial charge in [-0.15, -0.1) is 0 Å². The lowest BCUT2D eigenvalue weighted by atomic mass is 9.47. The van der Waals surface area contributed by atoms with E-state index in [0.717, 1.165) is 24.8 Å². The molecule has 24 heavy (non-hydrogen) atoms. The summed E-state index contributed by atoms with van der Waals surface area (Å²) in [5, 5.41) is 14.7. The number of hydrogen-bond acceptors (Lipinski definition) is 3. The molecule has 1 atom stereocenters. The fourth-order valence-corrected chi connectivity index (χ4v) is 5.99. The number of carboxylic acids is 1. The van der Waals surface area contributed by atoms with Crippen LogP contribution in [0.1, 0.15) is 54.4 Å². The third-order valence-electron chi connectivity index (χ3n) is 6.49. The van der Waals surface area contributed by atoms with Crippen molar-refractivity contribution in [2.75, 3.05) is 0 Å². The van der Waals surface area contributed by atoms with Crippen LogP contribution in [0.15, 0.2) is 24.3 Å². The Morgan fingerprint density at radius 3 is 2.21 bits per heavy atom. The molecule has 1 amide bonds. The van der Waals surface area contributed by atoms with Gasteiger partial charge >= 0.3 is 0 Å². The zero-order chi connectivity index (χ0) is 16.9. The Labute approximate surface area is 142 Å². The van der Waals surface area contributed by atoms with E-state index in [1.807, 2.05) is 19.1 Å². The van der Waals surface area contributed by atoms with Crippen LogP contribution in [-0.2, 0) is 4.79 Å². The number of carbonyl (C=O) groups excluding carboxylic acids is 2. The third-order valence-corrected chi connectivity index (χ3v) is 6.49. The highest BCUT2D eigenvalue weighted by Gasteiger charge is 2.54. The number of carboxylic acid groups (broad SMARTS) is 1. The molecule has 0 radical (unpaired) electrons. The lowest BCUT2D eigenvalue weighted by Crippen LogP contribution is -2.62. The van der Waals surface area contributed by atoms with Crippen LogP contribution in [0.5, 0.6) is 0 Å². The summed E-state index contributed by atoms with van der Waals surface area (Å²) in [5.74, 6) is 0.471. The van der Waals surface area contributed by atoms with Crippen molar-refractivity contribution in [2.45, 2.75) is 51.5 Å². The average Bonchev–Trinajstić information content (AvgIpc) is 2.50. The molecule has 0 spiro atoms. The van der Waals surface area contributed by atoms with Crippen LogP contribution < -0.4 is 10.4 Å². The largest absolute Gasteiger partial charge is 0.548 e. The van der Waals surface area contributed by atoms with E-state index in [4.69, 9.17) is 0 Å². The number of rotatable bonds is 4. The molecule has 128 valence electrons. The molecule has 4 aliphatic carbocycles. The Kier molecular flexibility index (Phi) is 3.66. The van der Waals surface area contributed by atoms with Crippen LogP contribution in [0.25, 0.3) is 0 Å². The minimum absolute atomic E-state index is 0.299. The Hall–Kier alpha value is -1.84. The van der Waals surface area contributed by atoms with E-state index in [-0.39, 0.29) is 11.3 Å². The number of aryl methyl sites for hydroxylation is 1. The number of hydrogen-bond donors (Lipinski definition) is 1. The summed E-state index contributed by atoms with van der Waals surface area (Å²) in [5.41, 5.74) is 1.21. The molecule has 0 saturated heterocycles. The Morgan fingerprint density at radius 2 is 1.71 bits per heavy atom. The van der Waals surface area contributed by atoms with Gasteiger partial charge in [0.25, 0.3) is 5.91 Å². The van der Waals surface area contributed by atoms with E-state index in [1.165, 1.54) is 19.3 Å². The maximum Gasteiger partial charge on any atom is 0.251 e. The van der Waals surface area contributed by atoms with Gasteiger partial charge in [-0.05, 0) is 80.8 Å². The zero-order valence-electron chi connectivity index (χ0n) is 14.1. The summed E-state index contributed by atoms with van der Waals surface area (Å²) in [6.07, 6.45) is 6.49. The van der Waals surface area contributed by atoms with Crippen LogP contribution in [-0.4, -0.2) is 17.9 Å². The van der Waals surface area contributed by atoms with Gasteiger partial charge in [-0.1, -0.05) is 17.7 Å². The monoisotopic (exact) mass is 326 g/mol. The summed E-state index contributed by atoms with van der Waals surface area (Å²) >= 11 is 0. The molecule has 4 nitrogen and oxygen atoms in total. The molecule has 4 fully saturated rings. The summed E-state index contributed by atoms with van der Waals surface area (Å²) in [4.78, 5) is 24.5. The second-order valence-electron chi connectivity index (χ2n) is 8.37. The van der Waals surface area contributed by atoms with E-state index in [9.17, 15) is 14.7 Å². The van der Waals surface area contributed by atoms with Crippen molar-refractivity contribution in [1.29, 1.82) is 0 Å². The SMILES string of the molecule is Cc1cccc(C(=O)N[C@H](C(=O)[O-])C23CC4CC(CC(C4)C2)C3)c1. The summed E-state index contributed by atoms with van der Waals surface area (Å²) in [6.45, 7) is 1.92.